The lowest BCUT2D eigenvalue weighted by molar-refractivity contribution is -0.139. The molecule has 0 aliphatic rings. The highest BCUT2D eigenvalue weighted by Crippen LogP contribution is 2.24. The first kappa shape index (κ1) is 11.8. The molecule has 1 aromatic carbocycles. The van der Waals surface area contributed by atoms with Gasteiger partial charge >= 0.3 is 6.18 Å². The van der Waals surface area contributed by atoms with Gasteiger partial charge in [-0.25, -0.2) is 0 Å². The van der Waals surface area contributed by atoms with Gasteiger partial charge < -0.3 is 5.73 Å². The second kappa shape index (κ2) is 4.49. The van der Waals surface area contributed by atoms with Gasteiger partial charge in [-0.1, -0.05) is 36.4 Å². The third kappa shape index (κ3) is 3.40. The minimum Gasteiger partial charge on any atom is -0.317 e. The smallest absolute Gasteiger partial charge is 0.317 e. The minimum absolute atomic E-state index is 0.105. The predicted molar refractivity (Wildman–Crippen MR) is 54.1 cm³/mol. The molecule has 0 heterocycles. The average Bonchev–Trinajstić information content (AvgIpc) is 2.16. The maximum Gasteiger partial charge on any atom is 0.407 e. The van der Waals surface area contributed by atoms with E-state index in [0.717, 1.165) is 5.56 Å². The van der Waals surface area contributed by atoms with Crippen LogP contribution in [0.3, 0.4) is 0 Å². The van der Waals surface area contributed by atoms with E-state index in [9.17, 15) is 13.2 Å². The van der Waals surface area contributed by atoms with Gasteiger partial charge in [0.25, 0.3) is 0 Å². The van der Waals surface area contributed by atoms with Crippen LogP contribution in [0.5, 0.6) is 0 Å². The maximum absolute atomic E-state index is 12.2. The van der Waals surface area contributed by atoms with E-state index in [2.05, 4.69) is 0 Å². The van der Waals surface area contributed by atoms with Crippen LogP contribution in [0.1, 0.15) is 12.5 Å². The molecule has 2 N–H and O–H groups in total. The highest BCUT2D eigenvalue weighted by molar-refractivity contribution is 5.53. The summed E-state index contributed by atoms with van der Waals surface area (Å²) < 4.78 is 36.7. The number of hydrogen-bond acceptors (Lipinski definition) is 1. The molecule has 0 bridgehead atoms. The molecule has 0 unspecified atom stereocenters. The first-order valence-electron chi connectivity index (χ1n) is 4.47. The summed E-state index contributed by atoms with van der Waals surface area (Å²) in [6.45, 7) is 1.38. The number of nitrogens with two attached hydrogens (primary N) is 1. The SMILES string of the molecule is C/C(=C\c1ccccc1)[C@H](N)C(F)(F)F. The zero-order valence-electron chi connectivity index (χ0n) is 8.25. The van der Waals surface area contributed by atoms with Gasteiger partial charge in [-0.3, -0.25) is 0 Å². The van der Waals surface area contributed by atoms with Gasteiger partial charge in [0.05, 0.1) is 0 Å². The van der Waals surface area contributed by atoms with Gasteiger partial charge in [0.2, 0.25) is 0 Å². The van der Waals surface area contributed by atoms with E-state index < -0.39 is 12.2 Å². The molecule has 4 heteroatoms. The third-order valence-electron chi connectivity index (χ3n) is 2.04. The summed E-state index contributed by atoms with van der Waals surface area (Å²) in [6, 6.07) is 6.89. The van der Waals surface area contributed by atoms with Crippen LogP contribution in [0.2, 0.25) is 0 Å². The maximum atomic E-state index is 12.2. The van der Waals surface area contributed by atoms with Gasteiger partial charge in [-0.15, -0.1) is 0 Å². The molecule has 1 atom stereocenters. The van der Waals surface area contributed by atoms with E-state index in [0.29, 0.717) is 0 Å². The van der Waals surface area contributed by atoms with Crippen LogP contribution in [0.4, 0.5) is 13.2 Å². The number of alkyl halides is 3. The van der Waals surface area contributed by atoms with Gasteiger partial charge in [0.15, 0.2) is 0 Å². The van der Waals surface area contributed by atoms with E-state index in [4.69, 9.17) is 5.73 Å². The van der Waals surface area contributed by atoms with Crippen molar-refractivity contribution in [2.45, 2.75) is 19.1 Å². The number of benzene rings is 1. The van der Waals surface area contributed by atoms with Crippen molar-refractivity contribution in [3.8, 4) is 0 Å². The van der Waals surface area contributed by atoms with E-state index >= 15 is 0 Å². The van der Waals surface area contributed by atoms with Crippen molar-refractivity contribution in [1.29, 1.82) is 0 Å². The van der Waals surface area contributed by atoms with E-state index in [1.807, 2.05) is 0 Å². The lowest BCUT2D eigenvalue weighted by Crippen LogP contribution is -2.38. The average molecular weight is 215 g/mol. The van der Waals surface area contributed by atoms with Crippen molar-refractivity contribution in [3.63, 3.8) is 0 Å². The van der Waals surface area contributed by atoms with E-state index in [1.165, 1.54) is 13.0 Å². The van der Waals surface area contributed by atoms with Gasteiger partial charge in [0, 0.05) is 0 Å². The molecule has 1 aromatic rings. The van der Waals surface area contributed by atoms with Crippen LogP contribution in [0.25, 0.3) is 6.08 Å². The normalized spacial score (nSPS) is 15.1. The monoisotopic (exact) mass is 215 g/mol. The summed E-state index contributed by atoms with van der Waals surface area (Å²) in [6.07, 6.45) is -2.94. The lowest BCUT2D eigenvalue weighted by Gasteiger charge is -2.16. The summed E-state index contributed by atoms with van der Waals surface area (Å²) in [7, 11) is 0. The second-order valence-corrected chi connectivity index (χ2v) is 3.32. The molecular weight excluding hydrogens is 203 g/mol. The third-order valence-corrected chi connectivity index (χ3v) is 2.04. The van der Waals surface area contributed by atoms with Crippen molar-refractivity contribution in [3.05, 3.63) is 41.5 Å². The molecule has 0 aromatic heterocycles. The Kier molecular flexibility index (Phi) is 3.52. The molecule has 1 rings (SSSR count). The summed E-state index contributed by atoms with van der Waals surface area (Å²) in [4.78, 5) is 0. The number of rotatable bonds is 2. The van der Waals surface area contributed by atoms with Crippen LogP contribution in [0.15, 0.2) is 35.9 Å². The number of halogens is 3. The Bertz CT molecular complexity index is 341. The molecule has 0 aliphatic heterocycles. The van der Waals surface area contributed by atoms with E-state index in [1.54, 1.807) is 30.3 Å². The second-order valence-electron chi connectivity index (χ2n) is 3.32. The molecule has 15 heavy (non-hydrogen) atoms. The Labute approximate surface area is 86.4 Å². The van der Waals surface area contributed by atoms with Crippen LogP contribution in [-0.4, -0.2) is 12.2 Å². The Balaban J connectivity index is 2.86. The molecule has 1 nitrogen and oxygen atoms in total. The highest BCUT2D eigenvalue weighted by atomic mass is 19.4. The standard InChI is InChI=1S/C11H12F3N/c1-8(10(15)11(12,13)14)7-9-5-3-2-4-6-9/h2-7,10H,15H2,1H3/b8-7+/t10-/m0/s1. The molecule has 82 valence electrons. The van der Waals surface area contributed by atoms with Crippen molar-refractivity contribution in [1.82, 2.24) is 0 Å². The van der Waals surface area contributed by atoms with Gasteiger partial charge in [-0.2, -0.15) is 13.2 Å². The predicted octanol–water partition coefficient (Wildman–Crippen LogP) is 2.98. The molecule has 0 fully saturated rings. The zero-order valence-corrected chi connectivity index (χ0v) is 8.25. The van der Waals surface area contributed by atoms with Crippen molar-refractivity contribution in [2.75, 3.05) is 0 Å². The first-order valence-corrected chi connectivity index (χ1v) is 4.47. The van der Waals surface area contributed by atoms with Crippen LogP contribution >= 0.6 is 0 Å². The van der Waals surface area contributed by atoms with Crippen LogP contribution in [-0.2, 0) is 0 Å². The number of hydrogen-bond donors (Lipinski definition) is 1. The largest absolute Gasteiger partial charge is 0.407 e. The summed E-state index contributed by atoms with van der Waals surface area (Å²) in [5.41, 5.74) is 5.87. The van der Waals surface area contributed by atoms with Crippen LogP contribution in [0, 0.1) is 0 Å². The molecule has 0 aliphatic carbocycles. The highest BCUT2D eigenvalue weighted by Gasteiger charge is 2.37. The van der Waals surface area contributed by atoms with Crippen molar-refractivity contribution < 1.29 is 13.2 Å². The molecular formula is C11H12F3N. The summed E-state index contributed by atoms with van der Waals surface area (Å²) >= 11 is 0. The topological polar surface area (TPSA) is 26.0 Å². The van der Waals surface area contributed by atoms with Gasteiger partial charge in [0.1, 0.15) is 6.04 Å². The quantitative estimate of drug-likeness (QED) is 0.806. The summed E-state index contributed by atoms with van der Waals surface area (Å²) in [5, 5.41) is 0. The minimum atomic E-state index is -4.38. The zero-order chi connectivity index (χ0) is 11.5. The van der Waals surface area contributed by atoms with E-state index in [-0.39, 0.29) is 5.57 Å². The Morgan fingerprint density at radius 3 is 2.27 bits per heavy atom. The fraction of sp³-hybridized carbons (Fsp3) is 0.273. The molecule has 0 amide bonds. The Morgan fingerprint density at radius 1 is 1.27 bits per heavy atom. The molecule has 0 spiro atoms. The molecule has 0 saturated carbocycles. The Morgan fingerprint density at radius 2 is 1.80 bits per heavy atom. The molecule has 0 radical (unpaired) electrons. The first-order chi connectivity index (χ1) is 6.91. The fourth-order valence-electron chi connectivity index (χ4n) is 1.16. The fourth-order valence-corrected chi connectivity index (χ4v) is 1.16. The van der Waals surface area contributed by atoms with Crippen molar-refractivity contribution >= 4 is 6.08 Å². The Hall–Kier alpha value is -1.29. The molecule has 0 saturated heterocycles. The van der Waals surface area contributed by atoms with Gasteiger partial charge in [-0.05, 0) is 18.1 Å². The van der Waals surface area contributed by atoms with Crippen LogP contribution < -0.4 is 5.73 Å². The summed E-state index contributed by atoms with van der Waals surface area (Å²) in [5.74, 6) is 0. The van der Waals surface area contributed by atoms with Crippen molar-refractivity contribution in [2.24, 2.45) is 5.73 Å². The lowest BCUT2D eigenvalue weighted by atomic mass is 10.1.